The van der Waals surface area contributed by atoms with E-state index in [4.69, 9.17) is 9.73 Å². The predicted molar refractivity (Wildman–Crippen MR) is 133 cm³/mol. The van der Waals surface area contributed by atoms with Crippen molar-refractivity contribution >= 4 is 29.9 Å². The molecule has 7 heteroatoms. The summed E-state index contributed by atoms with van der Waals surface area (Å²) in [5.74, 6) is 1.80. The summed E-state index contributed by atoms with van der Waals surface area (Å²) in [6.45, 7) is 5.96. The van der Waals surface area contributed by atoms with Crippen LogP contribution in [0.2, 0.25) is 0 Å². The maximum atomic E-state index is 6.00. The maximum absolute atomic E-state index is 6.00. The van der Waals surface area contributed by atoms with Gasteiger partial charge in [0.1, 0.15) is 12.4 Å². The highest BCUT2D eigenvalue weighted by molar-refractivity contribution is 14.0. The van der Waals surface area contributed by atoms with Gasteiger partial charge in [-0.15, -0.1) is 24.0 Å². The fraction of sp³-hybridized carbons (Fsp3) is 0.565. The largest absolute Gasteiger partial charge is 0.378 e. The number of halogens is 1. The van der Waals surface area contributed by atoms with Gasteiger partial charge in [0, 0.05) is 38.6 Å². The van der Waals surface area contributed by atoms with Gasteiger partial charge < -0.3 is 19.9 Å². The van der Waals surface area contributed by atoms with E-state index < -0.39 is 0 Å². The van der Waals surface area contributed by atoms with E-state index in [1.165, 1.54) is 37.7 Å². The molecule has 0 atom stereocenters. The molecule has 1 aliphatic rings. The molecule has 30 heavy (non-hydrogen) atoms. The van der Waals surface area contributed by atoms with Crippen molar-refractivity contribution < 1.29 is 4.74 Å². The van der Waals surface area contributed by atoms with E-state index in [9.17, 15) is 0 Å². The molecule has 0 amide bonds. The second-order valence-corrected chi connectivity index (χ2v) is 7.56. The van der Waals surface area contributed by atoms with Crippen molar-refractivity contribution in [2.75, 3.05) is 19.7 Å². The van der Waals surface area contributed by atoms with Crippen molar-refractivity contribution in [2.24, 2.45) is 4.99 Å². The fourth-order valence-corrected chi connectivity index (χ4v) is 3.67. The molecule has 166 valence electrons. The Labute approximate surface area is 197 Å². The molecule has 0 aliphatic heterocycles. The van der Waals surface area contributed by atoms with E-state index in [1.54, 1.807) is 0 Å². The lowest BCUT2D eigenvalue weighted by molar-refractivity contribution is 0.0277. The molecule has 3 rings (SSSR count). The average molecular weight is 525 g/mol. The quantitative estimate of drug-likeness (QED) is 0.210. The molecule has 0 bridgehead atoms. The second-order valence-electron chi connectivity index (χ2n) is 7.56. The first-order valence-electron chi connectivity index (χ1n) is 11.0. The second kappa shape index (κ2) is 14.4. The molecule has 2 aromatic rings. The van der Waals surface area contributed by atoms with Crippen LogP contribution in [-0.4, -0.2) is 41.3 Å². The van der Waals surface area contributed by atoms with Crippen LogP contribution >= 0.6 is 24.0 Å². The van der Waals surface area contributed by atoms with Gasteiger partial charge in [-0.1, -0.05) is 49.6 Å². The van der Waals surface area contributed by atoms with Crippen LogP contribution in [0.3, 0.4) is 0 Å². The molecule has 2 N–H and O–H groups in total. The number of rotatable bonds is 10. The molecular weight excluding hydrogens is 489 g/mol. The first-order chi connectivity index (χ1) is 14.3. The number of ether oxygens (including phenoxy) is 1. The molecule has 1 heterocycles. The first kappa shape index (κ1) is 24.7. The minimum atomic E-state index is 0. The minimum Gasteiger partial charge on any atom is -0.378 e. The molecule has 1 aromatic heterocycles. The molecule has 1 aromatic carbocycles. The molecule has 1 aliphatic carbocycles. The molecule has 1 saturated carbocycles. The van der Waals surface area contributed by atoms with E-state index >= 15 is 0 Å². The summed E-state index contributed by atoms with van der Waals surface area (Å²) in [6.07, 6.45) is 11.8. The summed E-state index contributed by atoms with van der Waals surface area (Å²) >= 11 is 0. The highest BCUT2D eigenvalue weighted by Crippen LogP contribution is 2.20. The van der Waals surface area contributed by atoms with Gasteiger partial charge in [-0.25, -0.2) is 9.98 Å². The lowest BCUT2D eigenvalue weighted by Gasteiger charge is -2.22. The van der Waals surface area contributed by atoms with Gasteiger partial charge in [0.05, 0.1) is 6.10 Å². The number of guanidine groups is 1. The SMILES string of the molecule is CCNC(=NCc1nccn1Cc1ccccc1)NCCCOC1CCCCC1.I. The molecular formula is C23H36IN5O. The van der Waals surface area contributed by atoms with Gasteiger partial charge in [-0.2, -0.15) is 0 Å². The van der Waals surface area contributed by atoms with Gasteiger partial charge in [0.2, 0.25) is 0 Å². The number of hydrogen-bond donors (Lipinski definition) is 2. The summed E-state index contributed by atoms with van der Waals surface area (Å²) in [7, 11) is 0. The van der Waals surface area contributed by atoms with Gasteiger partial charge >= 0.3 is 0 Å². The molecule has 0 radical (unpaired) electrons. The minimum absolute atomic E-state index is 0. The van der Waals surface area contributed by atoms with Gasteiger partial charge in [0.25, 0.3) is 0 Å². The standard InChI is InChI=1S/C23H35N5O.HI/c1-2-24-23(26-14-9-17-29-21-12-7-4-8-13-21)27-18-22-25-15-16-28(22)19-20-10-5-3-6-11-20;/h3,5-6,10-11,15-16,21H,2,4,7-9,12-14,17-19H2,1H3,(H2,24,26,27);1H. The number of imidazole rings is 1. The average Bonchev–Trinajstić information content (AvgIpc) is 3.20. The van der Waals surface area contributed by atoms with Gasteiger partial charge in [-0.05, 0) is 31.7 Å². The zero-order chi connectivity index (χ0) is 20.2. The van der Waals surface area contributed by atoms with E-state index in [-0.39, 0.29) is 24.0 Å². The van der Waals surface area contributed by atoms with Gasteiger partial charge in [-0.3, -0.25) is 0 Å². The van der Waals surface area contributed by atoms with Crippen LogP contribution in [0.25, 0.3) is 0 Å². The van der Waals surface area contributed by atoms with Crippen LogP contribution in [0.1, 0.15) is 56.8 Å². The molecule has 6 nitrogen and oxygen atoms in total. The summed E-state index contributed by atoms with van der Waals surface area (Å²) in [4.78, 5) is 9.20. The third-order valence-corrected chi connectivity index (χ3v) is 5.24. The van der Waals surface area contributed by atoms with Gasteiger partial charge in [0.15, 0.2) is 5.96 Å². The number of hydrogen-bond acceptors (Lipinski definition) is 3. The molecule has 0 unspecified atom stereocenters. The normalized spacial score (nSPS) is 14.9. The van der Waals surface area contributed by atoms with E-state index in [1.807, 2.05) is 18.5 Å². The zero-order valence-corrected chi connectivity index (χ0v) is 20.4. The lowest BCUT2D eigenvalue weighted by atomic mass is 9.98. The van der Waals surface area contributed by atoms with Crippen LogP contribution < -0.4 is 10.6 Å². The summed E-state index contributed by atoms with van der Waals surface area (Å²) in [6, 6.07) is 10.4. The van der Waals surface area contributed by atoms with Crippen molar-refractivity contribution in [2.45, 2.75) is 64.6 Å². The highest BCUT2D eigenvalue weighted by Gasteiger charge is 2.13. The van der Waals surface area contributed by atoms with Crippen LogP contribution in [0.5, 0.6) is 0 Å². The Morgan fingerprint density at radius 3 is 2.73 bits per heavy atom. The van der Waals surface area contributed by atoms with Crippen LogP contribution in [0, 0.1) is 0 Å². The predicted octanol–water partition coefficient (Wildman–Crippen LogP) is 4.34. The topological polar surface area (TPSA) is 63.5 Å². The van der Waals surface area contributed by atoms with Crippen molar-refractivity contribution in [1.29, 1.82) is 0 Å². The van der Waals surface area contributed by atoms with E-state index in [2.05, 4.69) is 51.4 Å². The third-order valence-electron chi connectivity index (χ3n) is 5.24. The summed E-state index contributed by atoms with van der Waals surface area (Å²) < 4.78 is 8.16. The molecule has 1 fully saturated rings. The number of nitrogens with zero attached hydrogens (tertiary/aromatic N) is 3. The fourth-order valence-electron chi connectivity index (χ4n) is 3.67. The Hall–Kier alpha value is -1.61. The highest BCUT2D eigenvalue weighted by atomic mass is 127. The summed E-state index contributed by atoms with van der Waals surface area (Å²) in [5.41, 5.74) is 1.26. The Kier molecular flexibility index (Phi) is 11.8. The zero-order valence-electron chi connectivity index (χ0n) is 18.1. The number of benzene rings is 1. The summed E-state index contributed by atoms with van der Waals surface area (Å²) in [5, 5.41) is 6.73. The smallest absolute Gasteiger partial charge is 0.191 e. The van der Waals surface area contributed by atoms with E-state index in [0.717, 1.165) is 44.4 Å². The van der Waals surface area contributed by atoms with Crippen LogP contribution in [0.15, 0.2) is 47.7 Å². The maximum Gasteiger partial charge on any atom is 0.191 e. The Morgan fingerprint density at radius 1 is 1.17 bits per heavy atom. The Balaban J connectivity index is 0.00000320. The third kappa shape index (κ3) is 8.63. The number of aromatic nitrogens is 2. The Morgan fingerprint density at radius 2 is 1.97 bits per heavy atom. The lowest BCUT2D eigenvalue weighted by Crippen LogP contribution is -2.38. The van der Waals surface area contributed by atoms with Crippen molar-refractivity contribution in [3.8, 4) is 0 Å². The van der Waals surface area contributed by atoms with Crippen molar-refractivity contribution in [1.82, 2.24) is 20.2 Å². The number of aliphatic imine (C=N–C) groups is 1. The first-order valence-corrected chi connectivity index (χ1v) is 11.0. The molecule has 0 spiro atoms. The van der Waals surface area contributed by atoms with Crippen LogP contribution in [-0.2, 0) is 17.8 Å². The number of nitrogens with one attached hydrogen (secondary N) is 2. The van der Waals surface area contributed by atoms with Crippen molar-refractivity contribution in [3.63, 3.8) is 0 Å². The monoisotopic (exact) mass is 525 g/mol. The van der Waals surface area contributed by atoms with Crippen LogP contribution in [0.4, 0.5) is 0 Å². The Bertz CT molecular complexity index is 728. The van der Waals surface area contributed by atoms with Crippen molar-refractivity contribution in [3.05, 3.63) is 54.1 Å². The van der Waals surface area contributed by atoms with E-state index in [0.29, 0.717) is 12.6 Å². The molecule has 0 saturated heterocycles.